The van der Waals surface area contributed by atoms with Crippen molar-refractivity contribution < 1.29 is 13.2 Å². The average molecular weight is 302 g/mol. The summed E-state index contributed by atoms with van der Waals surface area (Å²) in [6, 6.07) is 3.90. The Bertz CT molecular complexity index is 515. The van der Waals surface area contributed by atoms with E-state index in [0.29, 0.717) is 16.8 Å². The van der Waals surface area contributed by atoms with Crippen LogP contribution in [0.5, 0.6) is 0 Å². The molecule has 2 fully saturated rings. The Labute approximate surface area is 117 Å². The van der Waals surface area contributed by atoms with Gasteiger partial charge in [-0.2, -0.15) is 0 Å². The lowest BCUT2D eigenvalue weighted by Crippen LogP contribution is -2.49. The average Bonchev–Trinajstić information content (AvgIpc) is 3.07. The lowest BCUT2D eigenvalue weighted by Gasteiger charge is -2.35. The highest BCUT2D eigenvalue weighted by atomic mass is 32.2. The van der Waals surface area contributed by atoms with Crippen molar-refractivity contribution in [2.45, 2.75) is 29.2 Å². The molecule has 0 aromatic carbocycles. The number of nitrogens with one attached hydrogen (secondary N) is 1. The fourth-order valence-electron chi connectivity index (χ4n) is 2.70. The minimum Gasteiger partial charge on any atom is -0.374 e. The molecule has 19 heavy (non-hydrogen) atoms. The molecule has 2 saturated heterocycles. The smallest absolute Gasteiger partial charge is 0.250 e. The SMILES string of the molecule is O=S(=O)(NC[C@@H]1CN2CCC[C@@H]2CO1)c1cccs1. The molecular formula is C12H18N2O3S2. The van der Waals surface area contributed by atoms with Crippen molar-refractivity contribution in [3.63, 3.8) is 0 Å². The van der Waals surface area contributed by atoms with Gasteiger partial charge in [0.1, 0.15) is 4.21 Å². The van der Waals surface area contributed by atoms with Crippen LogP contribution in [0.3, 0.4) is 0 Å². The maximum absolute atomic E-state index is 12.0. The van der Waals surface area contributed by atoms with Crippen LogP contribution >= 0.6 is 11.3 Å². The molecule has 0 saturated carbocycles. The quantitative estimate of drug-likeness (QED) is 0.897. The van der Waals surface area contributed by atoms with Gasteiger partial charge >= 0.3 is 0 Å². The molecule has 0 bridgehead atoms. The van der Waals surface area contributed by atoms with E-state index in [1.807, 2.05) is 0 Å². The van der Waals surface area contributed by atoms with E-state index < -0.39 is 10.0 Å². The van der Waals surface area contributed by atoms with Gasteiger partial charge in [-0.05, 0) is 30.8 Å². The molecule has 2 atom stereocenters. The zero-order valence-electron chi connectivity index (χ0n) is 10.6. The summed E-state index contributed by atoms with van der Waals surface area (Å²) in [7, 11) is -3.37. The number of sulfonamides is 1. The molecule has 106 valence electrons. The summed E-state index contributed by atoms with van der Waals surface area (Å²) in [6.45, 7) is 3.02. The standard InChI is InChI=1S/C12H18N2O3S2/c15-19(16,12-4-2-6-18-12)13-7-11-8-14-5-1-3-10(14)9-17-11/h2,4,6,10-11,13H,1,3,5,7-9H2/t10-,11-/m1/s1. The largest absolute Gasteiger partial charge is 0.374 e. The molecule has 2 aliphatic rings. The van der Waals surface area contributed by atoms with Crippen molar-refractivity contribution in [3.8, 4) is 0 Å². The van der Waals surface area contributed by atoms with Crippen molar-refractivity contribution in [1.82, 2.24) is 9.62 Å². The summed E-state index contributed by atoms with van der Waals surface area (Å²) >= 11 is 1.23. The van der Waals surface area contributed by atoms with E-state index in [-0.39, 0.29) is 6.10 Å². The fraction of sp³-hybridized carbons (Fsp3) is 0.667. The van der Waals surface area contributed by atoms with E-state index in [2.05, 4.69) is 9.62 Å². The van der Waals surface area contributed by atoms with Gasteiger partial charge < -0.3 is 4.74 Å². The summed E-state index contributed by atoms with van der Waals surface area (Å²) < 4.78 is 32.7. The summed E-state index contributed by atoms with van der Waals surface area (Å²) in [5, 5.41) is 1.76. The highest BCUT2D eigenvalue weighted by Gasteiger charge is 2.32. The second-order valence-electron chi connectivity index (χ2n) is 5.03. The molecule has 0 aliphatic carbocycles. The molecule has 5 nitrogen and oxygen atoms in total. The number of hydrogen-bond acceptors (Lipinski definition) is 5. The van der Waals surface area contributed by atoms with E-state index in [0.717, 1.165) is 19.7 Å². The van der Waals surface area contributed by atoms with Crippen LogP contribution in [0.25, 0.3) is 0 Å². The number of nitrogens with zero attached hydrogens (tertiary/aromatic N) is 1. The number of ether oxygens (including phenoxy) is 1. The molecule has 7 heteroatoms. The molecule has 1 aromatic rings. The first kappa shape index (κ1) is 13.5. The number of hydrogen-bond donors (Lipinski definition) is 1. The third-order valence-electron chi connectivity index (χ3n) is 3.72. The van der Waals surface area contributed by atoms with Gasteiger partial charge in [0.15, 0.2) is 0 Å². The van der Waals surface area contributed by atoms with Crippen LogP contribution < -0.4 is 4.72 Å². The van der Waals surface area contributed by atoms with Crippen LogP contribution in [0.4, 0.5) is 0 Å². The molecule has 0 unspecified atom stereocenters. The molecule has 2 aliphatic heterocycles. The maximum Gasteiger partial charge on any atom is 0.250 e. The van der Waals surface area contributed by atoms with Crippen LogP contribution in [-0.2, 0) is 14.8 Å². The van der Waals surface area contributed by atoms with Gasteiger partial charge in [0.25, 0.3) is 0 Å². The van der Waals surface area contributed by atoms with E-state index in [9.17, 15) is 8.42 Å². The Morgan fingerprint density at radius 2 is 2.42 bits per heavy atom. The number of rotatable bonds is 4. The van der Waals surface area contributed by atoms with Gasteiger partial charge in [0.05, 0.1) is 12.7 Å². The monoisotopic (exact) mass is 302 g/mol. The molecule has 0 spiro atoms. The minimum absolute atomic E-state index is 0.0379. The lowest BCUT2D eigenvalue weighted by atomic mass is 10.2. The van der Waals surface area contributed by atoms with Gasteiger partial charge in [-0.15, -0.1) is 11.3 Å². The first-order valence-electron chi connectivity index (χ1n) is 6.54. The molecule has 0 amide bonds. The summed E-state index contributed by atoms with van der Waals surface area (Å²) in [5.41, 5.74) is 0. The highest BCUT2D eigenvalue weighted by Crippen LogP contribution is 2.22. The summed E-state index contributed by atoms with van der Waals surface area (Å²) in [6.07, 6.45) is 2.39. The molecule has 3 heterocycles. The van der Waals surface area contributed by atoms with Crippen molar-refractivity contribution >= 4 is 21.4 Å². The Kier molecular flexibility index (Phi) is 3.91. The van der Waals surface area contributed by atoms with E-state index in [1.54, 1.807) is 17.5 Å². The van der Waals surface area contributed by atoms with Crippen LogP contribution in [-0.4, -0.2) is 51.7 Å². The zero-order valence-corrected chi connectivity index (χ0v) is 12.3. The van der Waals surface area contributed by atoms with Crippen molar-refractivity contribution in [3.05, 3.63) is 17.5 Å². The van der Waals surface area contributed by atoms with Gasteiger partial charge in [0.2, 0.25) is 10.0 Å². The predicted molar refractivity (Wildman–Crippen MR) is 73.8 cm³/mol. The Hall–Kier alpha value is -0.470. The highest BCUT2D eigenvalue weighted by molar-refractivity contribution is 7.91. The minimum atomic E-state index is -3.37. The van der Waals surface area contributed by atoms with Crippen molar-refractivity contribution in [1.29, 1.82) is 0 Å². The topological polar surface area (TPSA) is 58.6 Å². The number of morpholine rings is 1. The molecule has 1 aromatic heterocycles. The molecule has 3 rings (SSSR count). The fourth-order valence-corrected chi connectivity index (χ4v) is 4.80. The number of thiophene rings is 1. The summed E-state index contributed by atoms with van der Waals surface area (Å²) in [4.78, 5) is 2.41. The third kappa shape index (κ3) is 3.00. The molecular weight excluding hydrogens is 284 g/mol. The van der Waals surface area contributed by atoms with Crippen molar-refractivity contribution in [2.24, 2.45) is 0 Å². The molecule has 0 radical (unpaired) electrons. The summed E-state index contributed by atoms with van der Waals surface area (Å²) in [5.74, 6) is 0. The van der Waals surface area contributed by atoms with Crippen LogP contribution in [0.1, 0.15) is 12.8 Å². The number of fused-ring (bicyclic) bond motifs is 1. The second kappa shape index (κ2) is 5.49. The Balaban J connectivity index is 1.55. The lowest BCUT2D eigenvalue weighted by molar-refractivity contribution is -0.0448. The maximum atomic E-state index is 12.0. The van der Waals surface area contributed by atoms with Crippen LogP contribution in [0.15, 0.2) is 21.7 Å². The first-order chi connectivity index (χ1) is 9.15. The first-order valence-corrected chi connectivity index (χ1v) is 8.90. The van der Waals surface area contributed by atoms with E-state index >= 15 is 0 Å². The van der Waals surface area contributed by atoms with Gasteiger partial charge in [0, 0.05) is 19.1 Å². The van der Waals surface area contributed by atoms with Crippen LogP contribution in [0, 0.1) is 0 Å². The van der Waals surface area contributed by atoms with Gasteiger partial charge in [-0.3, -0.25) is 4.90 Å². The zero-order chi connectivity index (χ0) is 13.3. The molecule has 1 N–H and O–H groups in total. The van der Waals surface area contributed by atoms with Gasteiger partial charge in [-0.25, -0.2) is 13.1 Å². The van der Waals surface area contributed by atoms with E-state index in [4.69, 9.17) is 4.74 Å². The third-order valence-corrected chi connectivity index (χ3v) is 6.54. The van der Waals surface area contributed by atoms with E-state index in [1.165, 1.54) is 24.2 Å². The van der Waals surface area contributed by atoms with Gasteiger partial charge in [-0.1, -0.05) is 6.07 Å². The second-order valence-corrected chi connectivity index (χ2v) is 7.97. The van der Waals surface area contributed by atoms with Crippen molar-refractivity contribution in [2.75, 3.05) is 26.2 Å². The van der Waals surface area contributed by atoms with Crippen LogP contribution in [0.2, 0.25) is 0 Å². The Morgan fingerprint density at radius 3 is 3.21 bits per heavy atom. The normalized spacial score (nSPS) is 28.4. The predicted octanol–water partition coefficient (Wildman–Crippen LogP) is 0.890. The Morgan fingerprint density at radius 1 is 1.53 bits per heavy atom.